The Balaban J connectivity index is 2.10. The Hall–Kier alpha value is -1.59. The van der Waals surface area contributed by atoms with Crippen LogP contribution in [0.1, 0.15) is 12.5 Å². The summed E-state index contributed by atoms with van der Waals surface area (Å²) < 4.78 is 0. The zero-order valence-electron chi connectivity index (χ0n) is 13.0. The van der Waals surface area contributed by atoms with Gasteiger partial charge >= 0.3 is 0 Å². The third kappa shape index (κ3) is 4.45. The van der Waals surface area contributed by atoms with Crippen molar-refractivity contribution in [2.24, 2.45) is 5.92 Å². The van der Waals surface area contributed by atoms with Gasteiger partial charge in [-0.1, -0.05) is 23.7 Å². The number of halogens is 1. The van der Waals surface area contributed by atoms with Crippen LogP contribution in [0.3, 0.4) is 0 Å². The van der Waals surface area contributed by atoms with E-state index in [1.54, 1.807) is 18.9 Å². The standard InChI is InChI=1S/C16H22ClN3O2/c1-12(21)20-7-6-19(10-14(11-20)16(22)18-2)9-13-4-3-5-15(17)8-13/h3-5,8,14H,6-7,9-11H2,1-2H3,(H,18,22). The van der Waals surface area contributed by atoms with E-state index in [0.29, 0.717) is 24.7 Å². The largest absolute Gasteiger partial charge is 0.359 e. The summed E-state index contributed by atoms with van der Waals surface area (Å²) in [6, 6.07) is 7.73. The quantitative estimate of drug-likeness (QED) is 0.914. The second-order valence-electron chi connectivity index (χ2n) is 5.64. The van der Waals surface area contributed by atoms with Crippen molar-refractivity contribution in [2.45, 2.75) is 13.5 Å². The molecule has 1 aromatic carbocycles. The Labute approximate surface area is 136 Å². The molecule has 1 heterocycles. The van der Waals surface area contributed by atoms with Crippen molar-refractivity contribution in [2.75, 3.05) is 33.2 Å². The van der Waals surface area contributed by atoms with Crippen LogP contribution in [-0.4, -0.2) is 54.8 Å². The van der Waals surface area contributed by atoms with E-state index < -0.39 is 0 Å². The minimum atomic E-state index is -0.212. The van der Waals surface area contributed by atoms with Gasteiger partial charge in [0.25, 0.3) is 0 Å². The van der Waals surface area contributed by atoms with Gasteiger partial charge in [0.2, 0.25) is 11.8 Å². The zero-order valence-corrected chi connectivity index (χ0v) is 13.8. The van der Waals surface area contributed by atoms with Crippen LogP contribution in [0.15, 0.2) is 24.3 Å². The topological polar surface area (TPSA) is 52.7 Å². The Morgan fingerprint density at radius 3 is 2.73 bits per heavy atom. The molecule has 1 atom stereocenters. The fourth-order valence-corrected chi connectivity index (χ4v) is 2.99. The van der Waals surface area contributed by atoms with Crippen LogP contribution < -0.4 is 5.32 Å². The minimum absolute atomic E-state index is 0.0125. The van der Waals surface area contributed by atoms with Crippen molar-refractivity contribution < 1.29 is 9.59 Å². The van der Waals surface area contributed by atoms with Gasteiger partial charge < -0.3 is 10.2 Å². The van der Waals surface area contributed by atoms with Gasteiger partial charge in [-0.25, -0.2) is 0 Å². The molecule has 1 unspecified atom stereocenters. The molecule has 1 N–H and O–H groups in total. The monoisotopic (exact) mass is 323 g/mol. The second kappa shape index (κ2) is 7.61. The highest BCUT2D eigenvalue weighted by atomic mass is 35.5. The highest BCUT2D eigenvalue weighted by Gasteiger charge is 2.28. The Morgan fingerprint density at radius 1 is 1.32 bits per heavy atom. The molecule has 0 aliphatic carbocycles. The lowest BCUT2D eigenvalue weighted by Crippen LogP contribution is -2.40. The summed E-state index contributed by atoms with van der Waals surface area (Å²) in [7, 11) is 1.63. The van der Waals surface area contributed by atoms with Crippen LogP contribution in [0, 0.1) is 5.92 Å². The number of rotatable bonds is 3. The van der Waals surface area contributed by atoms with Crippen LogP contribution in [0.4, 0.5) is 0 Å². The fourth-order valence-electron chi connectivity index (χ4n) is 2.77. The lowest BCUT2D eigenvalue weighted by Gasteiger charge is -2.23. The van der Waals surface area contributed by atoms with Crippen LogP contribution in [0.25, 0.3) is 0 Å². The summed E-state index contributed by atoms with van der Waals surface area (Å²) in [4.78, 5) is 27.7. The second-order valence-corrected chi connectivity index (χ2v) is 6.08. The first-order valence-electron chi connectivity index (χ1n) is 7.43. The molecule has 6 heteroatoms. The van der Waals surface area contributed by atoms with Crippen molar-refractivity contribution in [1.29, 1.82) is 0 Å². The average molecular weight is 324 g/mol. The molecule has 1 aliphatic heterocycles. The van der Waals surface area contributed by atoms with Gasteiger partial charge in [-0.15, -0.1) is 0 Å². The van der Waals surface area contributed by atoms with E-state index in [2.05, 4.69) is 10.2 Å². The number of benzene rings is 1. The minimum Gasteiger partial charge on any atom is -0.359 e. The van der Waals surface area contributed by atoms with Crippen molar-refractivity contribution in [1.82, 2.24) is 15.1 Å². The number of carbonyl (C=O) groups excluding carboxylic acids is 2. The van der Waals surface area contributed by atoms with Crippen molar-refractivity contribution in [3.63, 3.8) is 0 Å². The van der Waals surface area contributed by atoms with Gasteiger partial charge in [0.1, 0.15) is 0 Å². The van der Waals surface area contributed by atoms with Gasteiger partial charge in [0, 0.05) is 51.7 Å². The predicted molar refractivity (Wildman–Crippen MR) is 86.5 cm³/mol. The van der Waals surface area contributed by atoms with Crippen LogP contribution in [-0.2, 0) is 16.1 Å². The number of hydrogen-bond donors (Lipinski definition) is 1. The van der Waals surface area contributed by atoms with Crippen LogP contribution in [0.2, 0.25) is 5.02 Å². The summed E-state index contributed by atoms with van der Waals surface area (Å²) >= 11 is 6.03. The number of hydrogen-bond acceptors (Lipinski definition) is 3. The maximum atomic E-state index is 12.0. The van der Waals surface area contributed by atoms with Crippen molar-refractivity contribution in [3.05, 3.63) is 34.9 Å². The molecule has 2 amide bonds. The van der Waals surface area contributed by atoms with E-state index in [1.165, 1.54) is 0 Å². The number of carbonyl (C=O) groups is 2. The highest BCUT2D eigenvalue weighted by Crippen LogP contribution is 2.16. The Bertz CT molecular complexity index is 550. The molecule has 120 valence electrons. The molecule has 0 saturated carbocycles. The van der Waals surface area contributed by atoms with Gasteiger partial charge in [-0.2, -0.15) is 0 Å². The van der Waals surface area contributed by atoms with Gasteiger partial charge in [-0.05, 0) is 17.7 Å². The molecule has 1 saturated heterocycles. The lowest BCUT2D eigenvalue weighted by molar-refractivity contribution is -0.130. The van der Waals surface area contributed by atoms with E-state index in [9.17, 15) is 9.59 Å². The Kier molecular flexibility index (Phi) is 5.80. The number of amides is 2. The maximum Gasteiger partial charge on any atom is 0.225 e. The van der Waals surface area contributed by atoms with E-state index in [0.717, 1.165) is 18.7 Å². The number of nitrogens with one attached hydrogen (secondary N) is 1. The molecule has 0 bridgehead atoms. The van der Waals surface area contributed by atoms with Gasteiger partial charge in [0.15, 0.2) is 0 Å². The summed E-state index contributed by atoms with van der Waals surface area (Å²) in [5.41, 5.74) is 1.11. The Morgan fingerprint density at radius 2 is 2.09 bits per heavy atom. The first-order chi connectivity index (χ1) is 10.5. The SMILES string of the molecule is CNC(=O)C1CN(Cc2cccc(Cl)c2)CCN(C(C)=O)C1. The highest BCUT2D eigenvalue weighted by molar-refractivity contribution is 6.30. The molecule has 0 radical (unpaired) electrons. The molecule has 0 spiro atoms. The summed E-state index contributed by atoms with van der Waals surface area (Å²) in [5.74, 6) is -0.224. The molecule has 1 fully saturated rings. The molecule has 22 heavy (non-hydrogen) atoms. The molecular formula is C16H22ClN3O2. The van der Waals surface area contributed by atoms with E-state index in [-0.39, 0.29) is 17.7 Å². The van der Waals surface area contributed by atoms with Crippen molar-refractivity contribution >= 4 is 23.4 Å². The van der Waals surface area contributed by atoms with Gasteiger partial charge in [0.05, 0.1) is 5.92 Å². The normalized spacial score (nSPS) is 19.6. The van der Waals surface area contributed by atoms with Crippen molar-refractivity contribution in [3.8, 4) is 0 Å². The molecule has 2 rings (SSSR count). The van der Waals surface area contributed by atoms with E-state index in [1.807, 2.05) is 24.3 Å². The first-order valence-corrected chi connectivity index (χ1v) is 7.81. The van der Waals surface area contributed by atoms with E-state index in [4.69, 9.17) is 11.6 Å². The summed E-state index contributed by atoms with van der Waals surface area (Å²) in [6.45, 7) is 4.77. The number of nitrogens with zero attached hydrogens (tertiary/aromatic N) is 2. The molecule has 1 aromatic rings. The van der Waals surface area contributed by atoms with Crippen LogP contribution >= 0.6 is 11.6 Å². The van der Waals surface area contributed by atoms with E-state index >= 15 is 0 Å². The van der Waals surface area contributed by atoms with Gasteiger partial charge in [-0.3, -0.25) is 14.5 Å². The third-order valence-corrected chi connectivity index (χ3v) is 4.20. The molecule has 5 nitrogen and oxygen atoms in total. The molecule has 1 aliphatic rings. The average Bonchev–Trinajstić information content (AvgIpc) is 2.69. The predicted octanol–water partition coefficient (Wildman–Crippen LogP) is 1.37. The molecule has 0 aromatic heterocycles. The van der Waals surface area contributed by atoms with Crippen LogP contribution in [0.5, 0.6) is 0 Å². The smallest absolute Gasteiger partial charge is 0.225 e. The first kappa shape index (κ1) is 16.8. The summed E-state index contributed by atoms with van der Waals surface area (Å²) in [6.07, 6.45) is 0. The lowest BCUT2D eigenvalue weighted by atomic mass is 10.1. The maximum absolute atomic E-state index is 12.0. The molecular weight excluding hydrogens is 302 g/mol. The zero-order chi connectivity index (χ0) is 16.1. The third-order valence-electron chi connectivity index (χ3n) is 3.96. The summed E-state index contributed by atoms with van der Waals surface area (Å²) in [5, 5.41) is 3.40. The fraction of sp³-hybridized carbons (Fsp3) is 0.500.